The predicted molar refractivity (Wildman–Crippen MR) is 122 cm³/mol. The first kappa shape index (κ1) is 23.4. The number of carbonyl (C=O) groups is 1. The highest BCUT2D eigenvalue weighted by molar-refractivity contribution is 7.99. The standard InChI is InChI=1S/C22H21ClF3N5OS/c1-15-3-2-4-17(11-15)31-6-5-27-21(31)33-14-19(32)29-7-9-30(10-8-29)20-18(23)12-16(13-28-20)22(24,25)26/h2-6,11-13H,7-10,14H2,1H3. The number of halogens is 4. The summed E-state index contributed by atoms with van der Waals surface area (Å²) in [6.07, 6.45) is -0.145. The molecule has 6 nitrogen and oxygen atoms in total. The van der Waals surface area contributed by atoms with Crippen molar-refractivity contribution in [3.63, 3.8) is 0 Å². The summed E-state index contributed by atoms with van der Waals surface area (Å²) in [4.78, 5) is 24.6. The lowest BCUT2D eigenvalue weighted by Gasteiger charge is -2.35. The van der Waals surface area contributed by atoms with Crippen molar-refractivity contribution in [2.45, 2.75) is 18.3 Å². The minimum absolute atomic E-state index is 0.0232. The van der Waals surface area contributed by atoms with E-state index >= 15 is 0 Å². The van der Waals surface area contributed by atoms with E-state index in [1.165, 1.54) is 11.8 Å². The molecular weight excluding hydrogens is 475 g/mol. The van der Waals surface area contributed by atoms with Crippen molar-refractivity contribution in [3.8, 4) is 5.69 Å². The SMILES string of the molecule is Cc1cccc(-n2ccnc2SCC(=O)N2CCN(c3ncc(C(F)(F)F)cc3Cl)CC2)c1. The maximum atomic E-state index is 12.8. The van der Waals surface area contributed by atoms with Crippen molar-refractivity contribution in [1.29, 1.82) is 0 Å². The van der Waals surface area contributed by atoms with E-state index in [4.69, 9.17) is 11.6 Å². The van der Waals surface area contributed by atoms with E-state index in [-0.39, 0.29) is 16.7 Å². The first-order chi connectivity index (χ1) is 15.7. The fourth-order valence-corrected chi connectivity index (χ4v) is 4.74. The summed E-state index contributed by atoms with van der Waals surface area (Å²) >= 11 is 7.42. The molecule has 0 saturated carbocycles. The van der Waals surface area contributed by atoms with Gasteiger partial charge >= 0.3 is 6.18 Å². The summed E-state index contributed by atoms with van der Waals surface area (Å²) in [5, 5.41) is 0.677. The van der Waals surface area contributed by atoms with Crippen molar-refractivity contribution in [1.82, 2.24) is 19.4 Å². The van der Waals surface area contributed by atoms with Crippen LogP contribution in [0, 0.1) is 6.92 Å². The Hall–Kier alpha value is -2.72. The second kappa shape index (κ2) is 9.64. The smallest absolute Gasteiger partial charge is 0.352 e. The van der Waals surface area contributed by atoms with Gasteiger partial charge in [-0.25, -0.2) is 9.97 Å². The second-order valence-electron chi connectivity index (χ2n) is 7.60. The molecule has 2 aromatic heterocycles. The quantitative estimate of drug-likeness (QED) is 0.481. The van der Waals surface area contributed by atoms with Crippen molar-refractivity contribution in [2.24, 2.45) is 0 Å². The van der Waals surface area contributed by atoms with Crippen LogP contribution < -0.4 is 4.90 Å². The zero-order chi connectivity index (χ0) is 23.6. The monoisotopic (exact) mass is 495 g/mol. The van der Waals surface area contributed by atoms with Crippen molar-refractivity contribution in [3.05, 3.63) is 65.1 Å². The van der Waals surface area contributed by atoms with Gasteiger partial charge in [-0.05, 0) is 30.7 Å². The Morgan fingerprint density at radius 1 is 1.15 bits per heavy atom. The Morgan fingerprint density at radius 2 is 1.91 bits per heavy atom. The van der Waals surface area contributed by atoms with Crippen molar-refractivity contribution < 1.29 is 18.0 Å². The molecule has 0 unspecified atom stereocenters. The molecule has 0 N–H and O–H groups in total. The van der Waals surface area contributed by atoms with E-state index in [1.54, 1.807) is 16.0 Å². The summed E-state index contributed by atoms with van der Waals surface area (Å²) in [7, 11) is 0. The molecule has 0 atom stereocenters. The lowest BCUT2D eigenvalue weighted by molar-refractivity contribution is -0.137. The molecule has 0 bridgehead atoms. The molecule has 1 saturated heterocycles. The normalized spacial score (nSPS) is 14.6. The van der Waals surface area contributed by atoms with Gasteiger partial charge in [0.2, 0.25) is 5.91 Å². The average Bonchev–Trinajstić information content (AvgIpc) is 3.26. The Labute approximate surface area is 198 Å². The Morgan fingerprint density at radius 3 is 2.58 bits per heavy atom. The van der Waals surface area contributed by atoms with E-state index in [9.17, 15) is 18.0 Å². The number of pyridine rings is 1. The lowest BCUT2D eigenvalue weighted by atomic mass is 10.2. The number of alkyl halides is 3. The third-order valence-corrected chi connectivity index (χ3v) is 6.52. The molecule has 3 aromatic rings. The van der Waals surface area contributed by atoms with Gasteiger partial charge in [0.1, 0.15) is 5.82 Å². The molecule has 3 heterocycles. The zero-order valence-corrected chi connectivity index (χ0v) is 19.3. The summed E-state index contributed by atoms with van der Waals surface area (Å²) in [5.41, 5.74) is 1.23. The van der Waals surface area contributed by atoms with Gasteiger partial charge in [-0.3, -0.25) is 9.36 Å². The van der Waals surface area contributed by atoms with Gasteiger partial charge in [-0.2, -0.15) is 13.2 Å². The fraction of sp³-hybridized carbons (Fsp3) is 0.318. The highest BCUT2D eigenvalue weighted by Gasteiger charge is 2.32. The molecular formula is C22H21ClF3N5OS. The van der Waals surface area contributed by atoms with Crippen LogP contribution in [-0.4, -0.2) is 57.3 Å². The maximum absolute atomic E-state index is 12.8. The van der Waals surface area contributed by atoms with E-state index in [1.807, 2.05) is 42.0 Å². The zero-order valence-electron chi connectivity index (χ0n) is 17.7. The Balaban J connectivity index is 1.33. The average molecular weight is 496 g/mol. The largest absolute Gasteiger partial charge is 0.417 e. The molecule has 11 heteroatoms. The number of nitrogens with zero attached hydrogens (tertiary/aromatic N) is 5. The van der Waals surface area contributed by atoms with Crippen LogP contribution >= 0.6 is 23.4 Å². The minimum Gasteiger partial charge on any atom is -0.352 e. The predicted octanol–water partition coefficient (Wildman–Crippen LogP) is 4.69. The van der Waals surface area contributed by atoms with E-state index in [0.717, 1.165) is 28.7 Å². The van der Waals surface area contributed by atoms with Crippen LogP contribution in [0.1, 0.15) is 11.1 Å². The number of aromatic nitrogens is 3. The van der Waals surface area contributed by atoms with Crippen LogP contribution in [0.15, 0.2) is 54.1 Å². The number of aryl methyl sites for hydroxylation is 1. The van der Waals surface area contributed by atoms with E-state index < -0.39 is 11.7 Å². The maximum Gasteiger partial charge on any atom is 0.417 e. The number of piperazine rings is 1. The van der Waals surface area contributed by atoms with Gasteiger partial charge in [-0.1, -0.05) is 35.5 Å². The third-order valence-electron chi connectivity index (χ3n) is 5.29. The molecule has 1 aliphatic heterocycles. The van der Waals surface area contributed by atoms with E-state index in [2.05, 4.69) is 9.97 Å². The first-order valence-corrected chi connectivity index (χ1v) is 11.6. The number of amides is 1. The second-order valence-corrected chi connectivity index (χ2v) is 8.95. The Kier molecular flexibility index (Phi) is 6.85. The Bertz CT molecular complexity index is 1150. The van der Waals surface area contributed by atoms with Gasteiger partial charge in [0, 0.05) is 50.5 Å². The van der Waals surface area contributed by atoms with Crippen LogP contribution in [0.3, 0.4) is 0 Å². The topological polar surface area (TPSA) is 54.3 Å². The number of rotatable bonds is 5. The number of thioether (sulfide) groups is 1. The molecule has 0 radical (unpaired) electrons. The fourth-order valence-electron chi connectivity index (χ4n) is 3.57. The lowest BCUT2D eigenvalue weighted by Crippen LogP contribution is -2.49. The van der Waals surface area contributed by atoms with Gasteiger partial charge in [0.15, 0.2) is 5.16 Å². The molecule has 4 rings (SSSR count). The number of hydrogen-bond acceptors (Lipinski definition) is 5. The van der Waals surface area contributed by atoms with Crippen LogP contribution in [0.25, 0.3) is 5.69 Å². The van der Waals surface area contributed by atoms with Gasteiger partial charge in [-0.15, -0.1) is 0 Å². The van der Waals surface area contributed by atoms with Crippen molar-refractivity contribution >= 4 is 35.1 Å². The van der Waals surface area contributed by atoms with Gasteiger partial charge in [0.25, 0.3) is 0 Å². The van der Waals surface area contributed by atoms with Crippen LogP contribution in [-0.2, 0) is 11.0 Å². The summed E-state index contributed by atoms with van der Waals surface area (Å²) in [5.74, 6) is 0.513. The molecule has 33 heavy (non-hydrogen) atoms. The van der Waals surface area contributed by atoms with Crippen molar-refractivity contribution in [2.75, 3.05) is 36.8 Å². The van der Waals surface area contributed by atoms with E-state index in [0.29, 0.717) is 32.0 Å². The molecule has 1 fully saturated rings. The number of benzene rings is 1. The van der Waals surface area contributed by atoms with Crippen LogP contribution in [0.4, 0.5) is 19.0 Å². The molecule has 1 amide bonds. The summed E-state index contributed by atoms with van der Waals surface area (Å²) in [6.45, 7) is 3.76. The first-order valence-electron chi connectivity index (χ1n) is 10.2. The van der Waals surface area contributed by atoms with Gasteiger partial charge in [0.05, 0.1) is 16.3 Å². The molecule has 1 aromatic carbocycles. The minimum atomic E-state index is -4.49. The highest BCUT2D eigenvalue weighted by Crippen LogP contribution is 2.33. The van der Waals surface area contributed by atoms with Crippen LogP contribution in [0.5, 0.6) is 0 Å². The third kappa shape index (κ3) is 5.44. The molecule has 0 spiro atoms. The van der Waals surface area contributed by atoms with Gasteiger partial charge < -0.3 is 9.80 Å². The highest BCUT2D eigenvalue weighted by atomic mass is 35.5. The summed E-state index contributed by atoms with van der Waals surface area (Å²) in [6, 6.07) is 8.91. The number of carbonyl (C=O) groups excluding carboxylic acids is 1. The number of imidazole rings is 1. The number of hydrogen-bond donors (Lipinski definition) is 0. The molecule has 1 aliphatic rings. The summed E-state index contributed by atoms with van der Waals surface area (Å²) < 4.78 is 40.4. The number of anilines is 1. The molecule has 0 aliphatic carbocycles. The molecule has 174 valence electrons. The van der Waals surface area contributed by atoms with Crippen LogP contribution in [0.2, 0.25) is 5.02 Å².